The number of rotatable bonds is 2. The Morgan fingerprint density at radius 1 is 1.46 bits per heavy atom. The monoisotopic (exact) mass is 210 g/mol. The molecule has 2 nitrogen and oxygen atoms in total. The summed E-state index contributed by atoms with van der Waals surface area (Å²) >= 11 is 4.92. The van der Waals surface area contributed by atoms with E-state index in [1.165, 1.54) is 0 Å². The van der Waals surface area contributed by atoms with Crippen LogP contribution in [0.25, 0.3) is 0 Å². The van der Waals surface area contributed by atoms with Crippen LogP contribution in [0, 0.1) is 11.3 Å². The number of benzene rings is 1. The molecule has 1 aromatic rings. The van der Waals surface area contributed by atoms with Crippen LogP contribution in [0.15, 0.2) is 35.2 Å². The molecule has 1 unspecified atom stereocenters. The molecule has 68 valence electrons. The maximum absolute atomic E-state index is 8.60. The van der Waals surface area contributed by atoms with Crippen molar-refractivity contribution in [2.75, 3.05) is 5.75 Å². The molecule has 0 heterocycles. The molecule has 0 fully saturated rings. The smallest absolute Gasteiger partial charge is 0.116 e. The van der Waals surface area contributed by atoms with Crippen molar-refractivity contribution in [2.45, 2.75) is 4.90 Å². The van der Waals surface area contributed by atoms with Crippen molar-refractivity contribution in [1.82, 2.24) is 0 Å². The fraction of sp³-hybridized carbons (Fsp3) is 0.111. The number of thiol groups is 1. The van der Waals surface area contributed by atoms with Crippen molar-refractivity contribution < 1.29 is 0 Å². The van der Waals surface area contributed by atoms with Gasteiger partial charge in [0.05, 0.1) is 11.8 Å². The molecule has 4 heteroatoms. The molecule has 0 aliphatic heterocycles. The van der Waals surface area contributed by atoms with Gasteiger partial charge in [-0.05, 0) is 17.0 Å². The Morgan fingerprint density at radius 3 is 2.54 bits per heavy atom. The van der Waals surface area contributed by atoms with E-state index < -0.39 is 10.9 Å². The molecule has 1 rings (SSSR count). The van der Waals surface area contributed by atoms with E-state index in [4.69, 9.17) is 23.2 Å². The molecule has 13 heavy (non-hydrogen) atoms. The van der Waals surface area contributed by atoms with E-state index in [2.05, 4.69) is 6.07 Å². The summed E-state index contributed by atoms with van der Waals surface area (Å²) in [4.78, 5) is 1.08. The number of nitrogens with zero attached hydrogens (tertiary/aromatic N) is 1. The van der Waals surface area contributed by atoms with Gasteiger partial charge in [0.15, 0.2) is 0 Å². The Kier molecular flexibility index (Phi) is 3.74. The third-order valence-electron chi connectivity index (χ3n) is 1.56. The molecular formula is C9H10N2S2. The second-order valence-corrected chi connectivity index (χ2v) is 5.33. The molecule has 0 aliphatic rings. The predicted molar refractivity (Wildman–Crippen MR) is 61.0 cm³/mol. The lowest BCUT2D eigenvalue weighted by molar-refractivity contribution is 1.44. The molecule has 0 saturated heterocycles. The van der Waals surface area contributed by atoms with Crippen LogP contribution in [0.3, 0.4) is 0 Å². The van der Waals surface area contributed by atoms with Crippen LogP contribution in [0.5, 0.6) is 0 Å². The number of nitriles is 1. The highest BCUT2D eigenvalue weighted by Gasteiger charge is 2.08. The summed E-state index contributed by atoms with van der Waals surface area (Å²) in [5.74, 6) is 0.411. The molecule has 1 aromatic carbocycles. The molecule has 0 aromatic heterocycles. The van der Waals surface area contributed by atoms with Gasteiger partial charge in [-0.3, -0.25) is 0 Å². The Hall–Kier alpha value is -1.05. The minimum Gasteiger partial charge on any atom is -0.386 e. The first-order valence-electron chi connectivity index (χ1n) is 3.74. The Labute approximate surface area is 85.7 Å². The highest BCUT2D eigenvalue weighted by molar-refractivity contribution is 8.36. The normalized spacial score (nSPS) is 13.0. The number of thiocarbonyl (C=S) groups is 1. The van der Waals surface area contributed by atoms with Crippen LogP contribution < -0.4 is 5.73 Å². The van der Waals surface area contributed by atoms with Gasteiger partial charge < -0.3 is 5.73 Å². The topological polar surface area (TPSA) is 49.8 Å². The van der Waals surface area contributed by atoms with Gasteiger partial charge in [0.2, 0.25) is 0 Å². The molecule has 1 atom stereocenters. The summed E-state index contributed by atoms with van der Waals surface area (Å²) in [5, 5.41) is 8.60. The quantitative estimate of drug-likeness (QED) is 0.578. The summed E-state index contributed by atoms with van der Waals surface area (Å²) in [6.45, 7) is 0. The lowest BCUT2D eigenvalue weighted by atomic mass is 10.4. The minimum absolute atomic E-state index is 0.411. The zero-order valence-corrected chi connectivity index (χ0v) is 8.68. The molecular weight excluding hydrogens is 200 g/mol. The van der Waals surface area contributed by atoms with E-state index in [9.17, 15) is 0 Å². The molecule has 0 radical (unpaired) electrons. The van der Waals surface area contributed by atoms with Gasteiger partial charge in [-0.2, -0.15) is 16.2 Å². The predicted octanol–water partition coefficient (Wildman–Crippen LogP) is 1.81. The standard InChI is InChI=1S/C9H10N2S2/c10-6-7-13(9(11)12)8-4-2-1-3-5-8/h1-5,13H,7H2,(H2,11,12). The highest BCUT2D eigenvalue weighted by atomic mass is 32.2. The van der Waals surface area contributed by atoms with Crippen LogP contribution in [0.4, 0.5) is 0 Å². The van der Waals surface area contributed by atoms with Crippen molar-refractivity contribution in [3.8, 4) is 6.07 Å². The molecule has 0 spiro atoms. The largest absolute Gasteiger partial charge is 0.386 e. The summed E-state index contributed by atoms with van der Waals surface area (Å²) in [7, 11) is -0.767. The Balaban J connectivity index is 2.90. The minimum atomic E-state index is -0.767. The second kappa shape index (κ2) is 4.85. The van der Waals surface area contributed by atoms with E-state index in [1.54, 1.807) is 0 Å². The molecule has 0 saturated carbocycles. The lowest BCUT2D eigenvalue weighted by Gasteiger charge is -2.16. The van der Waals surface area contributed by atoms with E-state index in [0.717, 1.165) is 4.90 Å². The van der Waals surface area contributed by atoms with Crippen molar-refractivity contribution >= 4 is 27.4 Å². The molecule has 0 aliphatic carbocycles. The average Bonchev–Trinajstić information content (AvgIpc) is 2.15. The van der Waals surface area contributed by atoms with Crippen LogP contribution in [-0.4, -0.2) is 10.1 Å². The van der Waals surface area contributed by atoms with Gasteiger partial charge in [0, 0.05) is 0 Å². The van der Waals surface area contributed by atoms with Gasteiger partial charge in [0.1, 0.15) is 4.32 Å². The molecule has 0 amide bonds. The maximum atomic E-state index is 8.60. The van der Waals surface area contributed by atoms with Crippen LogP contribution in [0.2, 0.25) is 0 Å². The van der Waals surface area contributed by atoms with Gasteiger partial charge in [-0.25, -0.2) is 0 Å². The van der Waals surface area contributed by atoms with Crippen LogP contribution in [-0.2, 0) is 0 Å². The summed E-state index contributed by atoms with van der Waals surface area (Å²) in [6.07, 6.45) is 0. The van der Waals surface area contributed by atoms with Gasteiger partial charge >= 0.3 is 0 Å². The van der Waals surface area contributed by atoms with E-state index in [-0.39, 0.29) is 0 Å². The fourth-order valence-corrected chi connectivity index (χ4v) is 2.75. The SMILES string of the molecule is N#CC[SH](C(N)=S)c1ccccc1. The average molecular weight is 210 g/mol. The molecule has 0 bridgehead atoms. The van der Waals surface area contributed by atoms with Crippen molar-refractivity contribution in [2.24, 2.45) is 5.73 Å². The first-order valence-corrected chi connectivity index (χ1v) is 5.68. The van der Waals surface area contributed by atoms with Crippen LogP contribution in [0.1, 0.15) is 0 Å². The van der Waals surface area contributed by atoms with Crippen LogP contribution >= 0.6 is 23.1 Å². The van der Waals surface area contributed by atoms with Gasteiger partial charge in [0.25, 0.3) is 0 Å². The number of hydrogen-bond acceptors (Lipinski definition) is 2. The summed E-state index contributed by atoms with van der Waals surface area (Å²) < 4.78 is 0.447. The zero-order chi connectivity index (χ0) is 9.68. The summed E-state index contributed by atoms with van der Waals surface area (Å²) in [5.41, 5.74) is 5.56. The summed E-state index contributed by atoms with van der Waals surface area (Å²) in [6, 6.07) is 11.8. The van der Waals surface area contributed by atoms with E-state index in [1.807, 2.05) is 30.3 Å². The van der Waals surface area contributed by atoms with Crippen molar-refractivity contribution in [3.63, 3.8) is 0 Å². The van der Waals surface area contributed by atoms with Crippen molar-refractivity contribution in [3.05, 3.63) is 30.3 Å². The zero-order valence-electron chi connectivity index (χ0n) is 6.97. The number of hydrogen-bond donors (Lipinski definition) is 2. The lowest BCUT2D eigenvalue weighted by Crippen LogP contribution is -2.10. The first-order chi connectivity index (χ1) is 6.25. The van der Waals surface area contributed by atoms with E-state index in [0.29, 0.717) is 10.1 Å². The Bertz CT molecular complexity index is 329. The second-order valence-electron chi connectivity index (χ2n) is 2.42. The van der Waals surface area contributed by atoms with Crippen molar-refractivity contribution in [1.29, 1.82) is 5.26 Å². The fourth-order valence-electron chi connectivity index (χ4n) is 0.975. The van der Waals surface area contributed by atoms with Gasteiger partial charge in [-0.15, -0.1) is 0 Å². The van der Waals surface area contributed by atoms with E-state index >= 15 is 0 Å². The Morgan fingerprint density at radius 2 is 2.08 bits per heavy atom. The maximum Gasteiger partial charge on any atom is 0.116 e. The third kappa shape index (κ3) is 2.72. The third-order valence-corrected chi connectivity index (χ3v) is 4.14. The number of nitrogens with two attached hydrogens (primary N) is 1. The van der Waals surface area contributed by atoms with Gasteiger partial charge in [-0.1, -0.05) is 30.4 Å². The first kappa shape index (κ1) is 10.0. The highest BCUT2D eigenvalue weighted by Crippen LogP contribution is 2.34. The molecule has 2 N–H and O–H groups in total.